The minimum absolute atomic E-state index is 0.141. The Kier molecular flexibility index (Phi) is 4.12. The van der Waals surface area contributed by atoms with E-state index in [1.165, 1.54) is 5.56 Å². The lowest BCUT2D eigenvalue weighted by Crippen LogP contribution is -2.26. The van der Waals surface area contributed by atoms with Crippen molar-refractivity contribution >= 4 is 17.4 Å². The van der Waals surface area contributed by atoms with E-state index >= 15 is 0 Å². The van der Waals surface area contributed by atoms with Crippen LogP contribution in [0.25, 0.3) is 0 Å². The molecule has 0 unspecified atom stereocenters. The Labute approximate surface area is 146 Å². The maximum atomic E-state index is 12.7. The van der Waals surface area contributed by atoms with Gasteiger partial charge in [-0.3, -0.25) is 9.78 Å². The second-order valence-corrected chi connectivity index (χ2v) is 5.91. The molecular formula is C20H18N4O. The van der Waals surface area contributed by atoms with E-state index in [1.54, 1.807) is 18.5 Å². The summed E-state index contributed by atoms with van der Waals surface area (Å²) in [4.78, 5) is 23.5. The Morgan fingerprint density at radius 1 is 1.00 bits per heavy atom. The molecule has 1 aromatic carbocycles. The third kappa shape index (κ3) is 3.08. The van der Waals surface area contributed by atoms with E-state index in [0.29, 0.717) is 17.9 Å². The maximum absolute atomic E-state index is 12.7. The molecule has 1 aliphatic rings. The van der Waals surface area contributed by atoms with Crippen molar-refractivity contribution < 1.29 is 4.79 Å². The molecule has 1 aliphatic heterocycles. The molecule has 1 N–H and O–H groups in total. The minimum atomic E-state index is -0.141. The Hall–Kier alpha value is -3.21. The van der Waals surface area contributed by atoms with Crippen LogP contribution in [0.5, 0.6) is 0 Å². The van der Waals surface area contributed by atoms with Gasteiger partial charge in [0.15, 0.2) is 0 Å². The van der Waals surface area contributed by atoms with Crippen LogP contribution in [0.3, 0.4) is 0 Å². The van der Waals surface area contributed by atoms with Crippen molar-refractivity contribution in [2.45, 2.75) is 13.0 Å². The quantitative estimate of drug-likeness (QED) is 0.798. The number of hydrogen-bond acceptors (Lipinski definition) is 4. The van der Waals surface area contributed by atoms with Crippen LogP contribution in [-0.2, 0) is 13.0 Å². The third-order valence-electron chi connectivity index (χ3n) is 4.33. The zero-order chi connectivity index (χ0) is 17.1. The van der Waals surface area contributed by atoms with Gasteiger partial charge in [0.2, 0.25) is 0 Å². The maximum Gasteiger partial charge on any atom is 0.255 e. The number of nitrogens with zero attached hydrogens (tertiary/aromatic N) is 3. The van der Waals surface area contributed by atoms with E-state index in [9.17, 15) is 4.79 Å². The van der Waals surface area contributed by atoms with Crippen LogP contribution >= 0.6 is 0 Å². The molecule has 25 heavy (non-hydrogen) atoms. The molecule has 4 rings (SSSR count). The van der Waals surface area contributed by atoms with Gasteiger partial charge in [0.25, 0.3) is 5.91 Å². The molecular weight excluding hydrogens is 312 g/mol. The van der Waals surface area contributed by atoms with Crippen LogP contribution in [0.2, 0.25) is 0 Å². The molecule has 0 saturated carbocycles. The highest BCUT2D eigenvalue weighted by molar-refractivity contribution is 5.99. The molecule has 0 atom stereocenters. The Balaban J connectivity index is 1.58. The van der Waals surface area contributed by atoms with Crippen molar-refractivity contribution in [2.24, 2.45) is 0 Å². The van der Waals surface area contributed by atoms with Crippen LogP contribution in [0.4, 0.5) is 11.5 Å². The summed E-state index contributed by atoms with van der Waals surface area (Å²) >= 11 is 0. The Bertz CT molecular complexity index is 895. The smallest absolute Gasteiger partial charge is 0.255 e. The van der Waals surface area contributed by atoms with E-state index in [1.807, 2.05) is 36.4 Å². The SMILES string of the molecule is O=C(NCc1ccccn1)c1cccnc1N1CCc2ccccc21. The lowest BCUT2D eigenvalue weighted by Gasteiger charge is -2.21. The average molecular weight is 330 g/mol. The fraction of sp³-hybridized carbons (Fsp3) is 0.150. The monoisotopic (exact) mass is 330 g/mol. The second kappa shape index (κ2) is 6.73. The molecule has 5 heteroatoms. The van der Waals surface area contributed by atoms with E-state index in [2.05, 4.69) is 32.3 Å². The van der Waals surface area contributed by atoms with Gasteiger partial charge in [-0.05, 0) is 42.3 Å². The Morgan fingerprint density at radius 3 is 2.72 bits per heavy atom. The molecule has 0 saturated heterocycles. The van der Waals surface area contributed by atoms with E-state index in [-0.39, 0.29) is 5.91 Å². The molecule has 1 amide bonds. The number of nitrogens with one attached hydrogen (secondary N) is 1. The second-order valence-electron chi connectivity index (χ2n) is 5.91. The number of carbonyl (C=O) groups excluding carboxylic acids is 1. The van der Waals surface area contributed by atoms with Crippen LogP contribution in [0.1, 0.15) is 21.6 Å². The molecule has 3 heterocycles. The first-order valence-electron chi connectivity index (χ1n) is 8.31. The van der Waals surface area contributed by atoms with Crippen LogP contribution in [0, 0.1) is 0 Å². The van der Waals surface area contributed by atoms with Gasteiger partial charge < -0.3 is 10.2 Å². The van der Waals surface area contributed by atoms with Crippen LogP contribution in [0.15, 0.2) is 67.0 Å². The third-order valence-corrected chi connectivity index (χ3v) is 4.33. The van der Waals surface area contributed by atoms with Crippen molar-refractivity contribution in [1.82, 2.24) is 15.3 Å². The summed E-state index contributed by atoms with van der Waals surface area (Å²) in [6.45, 7) is 1.22. The highest BCUT2D eigenvalue weighted by Gasteiger charge is 2.24. The van der Waals surface area contributed by atoms with Gasteiger partial charge in [0.1, 0.15) is 5.82 Å². The van der Waals surface area contributed by atoms with Crippen molar-refractivity contribution in [3.8, 4) is 0 Å². The van der Waals surface area contributed by atoms with Crippen LogP contribution < -0.4 is 10.2 Å². The predicted molar refractivity (Wildman–Crippen MR) is 96.8 cm³/mol. The summed E-state index contributed by atoms with van der Waals surface area (Å²) in [7, 11) is 0. The van der Waals surface area contributed by atoms with Gasteiger partial charge in [-0.15, -0.1) is 0 Å². The van der Waals surface area contributed by atoms with Gasteiger partial charge in [-0.1, -0.05) is 24.3 Å². The summed E-state index contributed by atoms with van der Waals surface area (Å²) in [6.07, 6.45) is 4.41. The van der Waals surface area contributed by atoms with Crippen LogP contribution in [-0.4, -0.2) is 22.4 Å². The number of fused-ring (bicyclic) bond motifs is 1. The summed E-state index contributed by atoms with van der Waals surface area (Å²) in [5, 5.41) is 2.93. The van der Waals surface area contributed by atoms with Gasteiger partial charge in [0, 0.05) is 24.6 Å². The van der Waals surface area contributed by atoms with Gasteiger partial charge in [-0.25, -0.2) is 4.98 Å². The molecule has 0 aliphatic carbocycles. The number of carbonyl (C=O) groups is 1. The number of aromatic nitrogens is 2. The molecule has 0 radical (unpaired) electrons. The molecule has 124 valence electrons. The van der Waals surface area contributed by atoms with Crippen molar-refractivity contribution in [3.63, 3.8) is 0 Å². The lowest BCUT2D eigenvalue weighted by molar-refractivity contribution is 0.0950. The van der Waals surface area contributed by atoms with Gasteiger partial charge >= 0.3 is 0 Å². The molecule has 5 nitrogen and oxygen atoms in total. The average Bonchev–Trinajstić information content (AvgIpc) is 3.11. The molecule has 2 aromatic heterocycles. The van der Waals surface area contributed by atoms with E-state index in [0.717, 1.165) is 24.3 Å². The van der Waals surface area contributed by atoms with E-state index < -0.39 is 0 Å². The lowest BCUT2D eigenvalue weighted by atomic mass is 10.1. The topological polar surface area (TPSA) is 58.1 Å². The van der Waals surface area contributed by atoms with E-state index in [4.69, 9.17) is 0 Å². The largest absolute Gasteiger partial charge is 0.346 e. The van der Waals surface area contributed by atoms with Crippen molar-refractivity contribution in [3.05, 3.63) is 83.8 Å². The highest BCUT2D eigenvalue weighted by Crippen LogP contribution is 2.34. The van der Waals surface area contributed by atoms with Crippen molar-refractivity contribution in [1.29, 1.82) is 0 Å². The number of amides is 1. The molecule has 3 aromatic rings. The number of benzene rings is 1. The fourth-order valence-electron chi connectivity index (χ4n) is 3.12. The predicted octanol–water partition coefficient (Wildman–Crippen LogP) is 3.10. The zero-order valence-electron chi connectivity index (χ0n) is 13.7. The Morgan fingerprint density at radius 2 is 1.84 bits per heavy atom. The standard InChI is InChI=1S/C20H18N4O/c25-20(23-14-16-7-3-4-11-21-16)17-8-5-12-22-19(17)24-13-10-15-6-1-2-9-18(15)24/h1-9,11-12H,10,13-14H2,(H,23,25). The summed E-state index contributed by atoms with van der Waals surface area (Å²) in [5.74, 6) is 0.559. The normalized spacial score (nSPS) is 12.7. The molecule has 0 bridgehead atoms. The number of para-hydroxylation sites is 1. The zero-order valence-corrected chi connectivity index (χ0v) is 13.7. The first kappa shape index (κ1) is 15.3. The van der Waals surface area contributed by atoms with Gasteiger partial charge in [-0.2, -0.15) is 0 Å². The highest BCUT2D eigenvalue weighted by atomic mass is 16.1. The van der Waals surface area contributed by atoms with Gasteiger partial charge in [0.05, 0.1) is 17.8 Å². The number of hydrogen-bond donors (Lipinski definition) is 1. The summed E-state index contributed by atoms with van der Waals surface area (Å²) < 4.78 is 0. The molecule has 0 spiro atoms. The first-order chi connectivity index (χ1) is 12.3. The summed E-state index contributed by atoms with van der Waals surface area (Å²) in [5.41, 5.74) is 3.82. The minimum Gasteiger partial charge on any atom is -0.346 e. The summed E-state index contributed by atoms with van der Waals surface area (Å²) in [6, 6.07) is 17.5. The fourth-order valence-corrected chi connectivity index (χ4v) is 3.12. The molecule has 0 fully saturated rings. The van der Waals surface area contributed by atoms with Crippen molar-refractivity contribution in [2.75, 3.05) is 11.4 Å². The first-order valence-corrected chi connectivity index (χ1v) is 8.31. The number of pyridine rings is 2. The number of anilines is 2. The number of rotatable bonds is 4.